The smallest absolute Gasteiger partial charge is 0.0969 e. The molecule has 0 aromatic heterocycles. The summed E-state index contributed by atoms with van der Waals surface area (Å²) in [6.07, 6.45) is 0.423. The molecule has 2 aliphatic heterocycles. The van der Waals surface area contributed by atoms with E-state index >= 15 is 0 Å². The molecular weight excluding hydrogens is 351 g/mol. The molecule has 0 spiro atoms. The second kappa shape index (κ2) is 6.66. The molecule has 2 nitrogen and oxygen atoms in total. The lowest BCUT2D eigenvalue weighted by Crippen LogP contribution is -2.10. The van der Waals surface area contributed by atoms with Gasteiger partial charge in [0.1, 0.15) is 0 Å². The highest BCUT2D eigenvalue weighted by molar-refractivity contribution is 7.99. The van der Waals surface area contributed by atoms with Gasteiger partial charge in [0.2, 0.25) is 0 Å². The van der Waals surface area contributed by atoms with Crippen LogP contribution in [0, 0.1) is 0 Å². The van der Waals surface area contributed by atoms with Gasteiger partial charge in [-0.05, 0) is 23.3 Å². The van der Waals surface area contributed by atoms with Crippen molar-refractivity contribution in [3.63, 3.8) is 0 Å². The molecule has 0 saturated carbocycles. The van der Waals surface area contributed by atoms with Gasteiger partial charge in [-0.3, -0.25) is 0 Å². The topological polar surface area (TPSA) is 25.1 Å². The fraction of sp³-hybridized carbons (Fsp3) is 0.333. The minimum absolute atomic E-state index is 0.189. The molecule has 0 aliphatic carbocycles. The first kappa shape index (κ1) is 15.8. The summed E-state index contributed by atoms with van der Waals surface area (Å²) in [6, 6.07) is 16.0. The number of hydrogen-bond acceptors (Lipinski definition) is 3. The molecule has 4 rings (SSSR count). The molecule has 0 amide bonds. The van der Waals surface area contributed by atoms with Gasteiger partial charge in [-0.15, -0.1) is 11.8 Å². The molecule has 2 aliphatic rings. The Morgan fingerprint density at radius 1 is 0.783 bits per heavy atom. The summed E-state index contributed by atoms with van der Waals surface area (Å²) < 4.78 is 11.2. The van der Waals surface area contributed by atoms with Crippen LogP contribution in [0.4, 0.5) is 0 Å². The normalized spacial score (nSPS) is 25.0. The Morgan fingerprint density at radius 2 is 1.17 bits per heavy atom. The summed E-state index contributed by atoms with van der Waals surface area (Å²) in [4.78, 5) is 0. The Kier molecular flexibility index (Phi) is 4.57. The first-order chi connectivity index (χ1) is 11.2. The van der Waals surface area contributed by atoms with E-state index in [4.69, 9.17) is 32.7 Å². The second-order valence-corrected chi connectivity index (χ2v) is 7.87. The van der Waals surface area contributed by atoms with Gasteiger partial charge < -0.3 is 9.47 Å². The highest BCUT2D eigenvalue weighted by Gasteiger charge is 2.42. The highest BCUT2D eigenvalue weighted by Crippen LogP contribution is 2.52. The fourth-order valence-electron chi connectivity index (χ4n) is 2.75. The molecule has 0 radical (unpaired) electrons. The maximum absolute atomic E-state index is 6.42. The van der Waals surface area contributed by atoms with Gasteiger partial charge in [0.15, 0.2) is 0 Å². The summed E-state index contributed by atoms with van der Waals surface area (Å²) >= 11 is 14.7. The monoisotopic (exact) mass is 366 g/mol. The Bertz CT molecular complexity index is 641. The lowest BCUT2D eigenvalue weighted by molar-refractivity contribution is 0.397. The van der Waals surface area contributed by atoms with Crippen molar-refractivity contribution in [2.45, 2.75) is 22.7 Å². The van der Waals surface area contributed by atoms with Crippen molar-refractivity contribution in [1.82, 2.24) is 0 Å². The van der Waals surface area contributed by atoms with Crippen LogP contribution in [0.1, 0.15) is 21.6 Å². The predicted octanol–water partition coefficient (Wildman–Crippen LogP) is 5.31. The van der Waals surface area contributed by atoms with E-state index in [1.807, 2.05) is 48.2 Å². The first-order valence-corrected chi connectivity index (χ1v) is 9.31. The molecule has 0 N–H and O–H groups in total. The van der Waals surface area contributed by atoms with Crippen LogP contribution in [0.3, 0.4) is 0 Å². The van der Waals surface area contributed by atoms with Crippen LogP contribution in [-0.4, -0.2) is 25.4 Å². The van der Waals surface area contributed by atoms with Crippen molar-refractivity contribution in [3.05, 3.63) is 69.7 Å². The van der Waals surface area contributed by atoms with Crippen LogP contribution in [0.15, 0.2) is 48.5 Å². The lowest BCUT2D eigenvalue weighted by atomic mass is 10.1. The van der Waals surface area contributed by atoms with Crippen molar-refractivity contribution in [2.75, 3.05) is 13.2 Å². The lowest BCUT2D eigenvalue weighted by Gasteiger charge is -2.23. The van der Waals surface area contributed by atoms with Crippen molar-refractivity contribution < 1.29 is 9.47 Å². The zero-order valence-electron chi connectivity index (χ0n) is 12.3. The maximum Gasteiger partial charge on any atom is 0.0969 e. The number of hydrogen-bond donors (Lipinski definition) is 0. The molecule has 23 heavy (non-hydrogen) atoms. The van der Waals surface area contributed by atoms with Crippen LogP contribution >= 0.6 is 35.0 Å². The molecule has 2 aromatic carbocycles. The van der Waals surface area contributed by atoms with Gasteiger partial charge in [0, 0.05) is 10.0 Å². The molecule has 4 atom stereocenters. The summed E-state index contributed by atoms with van der Waals surface area (Å²) in [6.45, 7) is 1.56. The van der Waals surface area contributed by atoms with Gasteiger partial charge >= 0.3 is 0 Å². The van der Waals surface area contributed by atoms with Crippen molar-refractivity contribution in [3.8, 4) is 0 Å². The molecule has 0 bridgehead atoms. The Balaban J connectivity index is 1.65. The van der Waals surface area contributed by atoms with Crippen LogP contribution in [0.2, 0.25) is 10.0 Å². The third kappa shape index (κ3) is 3.54. The average Bonchev–Trinajstić information content (AvgIpc) is 3.44. The van der Waals surface area contributed by atoms with Gasteiger partial charge in [-0.1, -0.05) is 59.6 Å². The fourth-order valence-corrected chi connectivity index (χ4v) is 5.07. The Labute approximate surface area is 150 Å². The van der Waals surface area contributed by atoms with Crippen LogP contribution in [-0.2, 0) is 9.47 Å². The third-order valence-electron chi connectivity index (χ3n) is 4.11. The van der Waals surface area contributed by atoms with Crippen molar-refractivity contribution in [2.24, 2.45) is 0 Å². The Morgan fingerprint density at radius 3 is 1.52 bits per heavy atom. The molecule has 2 fully saturated rings. The standard InChI is InChI=1S/C18H16Cl2O2S/c19-13-7-3-1-5-11(13)17(15-9-21-15)23-18(16-10-22-16)12-6-2-4-8-14(12)20/h1-8,15-18H,9-10H2. The maximum atomic E-state index is 6.42. The van der Waals surface area contributed by atoms with E-state index in [0.717, 1.165) is 34.4 Å². The number of thioether (sulfide) groups is 1. The van der Waals surface area contributed by atoms with E-state index in [1.54, 1.807) is 0 Å². The van der Waals surface area contributed by atoms with Gasteiger partial charge in [-0.2, -0.15) is 0 Å². The largest absolute Gasteiger partial charge is 0.372 e. The number of rotatable bonds is 6. The van der Waals surface area contributed by atoms with E-state index in [9.17, 15) is 0 Å². The molecule has 2 aromatic rings. The molecule has 4 unspecified atom stereocenters. The van der Waals surface area contributed by atoms with E-state index < -0.39 is 0 Å². The van der Waals surface area contributed by atoms with Gasteiger partial charge in [0.05, 0.1) is 35.9 Å². The quantitative estimate of drug-likeness (QED) is 0.647. The summed E-state index contributed by atoms with van der Waals surface area (Å²) in [5.41, 5.74) is 2.25. The minimum atomic E-state index is 0.189. The number of halogens is 2. The van der Waals surface area contributed by atoms with Crippen LogP contribution in [0.25, 0.3) is 0 Å². The van der Waals surface area contributed by atoms with E-state index in [2.05, 4.69) is 12.1 Å². The zero-order chi connectivity index (χ0) is 15.8. The van der Waals surface area contributed by atoms with Gasteiger partial charge in [0.25, 0.3) is 0 Å². The zero-order valence-corrected chi connectivity index (χ0v) is 14.7. The van der Waals surface area contributed by atoms with Crippen LogP contribution in [0.5, 0.6) is 0 Å². The van der Waals surface area contributed by atoms with Crippen molar-refractivity contribution in [1.29, 1.82) is 0 Å². The molecule has 2 saturated heterocycles. The number of ether oxygens (including phenoxy) is 2. The van der Waals surface area contributed by atoms with E-state index in [-0.39, 0.29) is 22.7 Å². The van der Waals surface area contributed by atoms with E-state index in [1.165, 1.54) is 0 Å². The third-order valence-corrected chi connectivity index (χ3v) is 6.50. The first-order valence-electron chi connectivity index (χ1n) is 7.61. The summed E-state index contributed by atoms with van der Waals surface area (Å²) in [5.74, 6) is 0. The predicted molar refractivity (Wildman–Crippen MR) is 95.5 cm³/mol. The molecule has 2 heterocycles. The Hall–Kier alpha value is -0.710. The van der Waals surface area contributed by atoms with Gasteiger partial charge in [-0.25, -0.2) is 0 Å². The van der Waals surface area contributed by atoms with Crippen molar-refractivity contribution >= 4 is 35.0 Å². The minimum Gasteiger partial charge on any atom is -0.372 e. The number of epoxide rings is 2. The van der Waals surface area contributed by atoms with Crippen LogP contribution < -0.4 is 0 Å². The molecule has 5 heteroatoms. The number of benzene rings is 2. The summed E-state index contributed by atoms with van der Waals surface area (Å²) in [5, 5.41) is 1.95. The summed E-state index contributed by atoms with van der Waals surface area (Å²) in [7, 11) is 0. The molecule has 120 valence electrons. The SMILES string of the molecule is Clc1ccccc1C(SC(c1ccccc1Cl)C1CO1)C1CO1. The second-order valence-electron chi connectivity index (χ2n) is 5.76. The van der Waals surface area contributed by atoms with E-state index in [0.29, 0.717) is 0 Å². The highest BCUT2D eigenvalue weighted by atomic mass is 35.5. The average molecular weight is 367 g/mol. The molecular formula is C18H16Cl2O2S.